The Labute approximate surface area is 127 Å². The minimum absolute atomic E-state index is 0.0916. The molecule has 0 aromatic heterocycles. The summed E-state index contributed by atoms with van der Waals surface area (Å²) in [5.74, 6) is -1.47. The largest absolute Gasteiger partial charge is 0.393 e. The second-order valence-corrected chi connectivity index (χ2v) is 4.99. The number of hydrogen-bond donors (Lipinski definition) is 2. The maximum Gasteiger partial charge on any atom is 0.304 e. The fourth-order valence-electron chi connectivity index (χ4n) is 1.73. The van der Waals surface area contributed by atoms with Crippen molar-refractivity contribution in [2.45, 2.75) is 0 Å². The van der Waals surface area contributed by atoms with Crippen molar-refractivity contribution >= 4 is 38.9 Å². The molecule has 6 nitrogen and oxygen atoms in total. The van der Waals surface area contributed by atoms with Gasteiger partial charge in [-0.2, -0.15) is 0 Å². The molecule has 0 aliphatic rings. The Balaban J connectivity index is 2.40. The molecule has 8 heteroatoms. The highest BCUT2D eigenvalue weighted by atomic mass is 79.9. The van der Waals surface area contributed by atoms with Crippen molar-refractivity contribution in [3.63, 3.8) is 0 Å². The summed E-state index contributed by atoms with van der Waals surface area (Å²) in [6.07, 6.45) is 0. The van der Waals surface area contributed by atoms with Crippen LogP contribution < -0.4 is 11.1 Å². The van der Waals surface area contributed by atoms with Crippen LogP contribution in [0.2, 0.25) is 0 Å². The number of carbonyl (C=O) groups excluding carboxylic acids is 1. The minimum atomic E-state index is -0.814. The first-order valence-corrected chi connectivity index (χ1v) is 6.48. The molecule has 0 aliphatic heterocycles. The minimum Gasteiger partial charge on any atom is -0.393 e. The summed E-state index contributed by atoms with van der Waals surface area (Å²) in [5, 5.41) is 13.3. The second kappa shape index (κ2) is 5.88. The lowest BCUT2D eigenvalue weighted by atomic mass is 10.1. The molecule has 0 saturated carbocycles. The smallest absolute Gasteiger partial charge is 0.304 e. The van der Waals surface area contributed by atoms with Gasteiger partial charge in [-0.25, -0.2) is 4.39 Å². The molecule has 21 heavy (non-hydrogen) atoms. The van der Waals surface area contributed by atoms with E-state index >= 15 is 0 Å². The Morgan fingerprint density at radius 2 is 2.05 bits per heavy atom. The van der Waals surface area contributed by atoms with Crippen LogP contribution in [-0.2, 0) is 0 Å². The standard InChI is InChI=1S/C13H9BrFN3O3/c14-7-4-5-9(15)11(6-7)17-13(19)8-2-1-3-10(16)12(8)18(20)21/h1-6H,16H2,(H,17,19). The van der Waals surface area contributed by atoms with Crippen LogP contribution in [0.15, 0.2) is 40.9 Å². The third kappa shape index (κ3) is 3.16. The molecule has 0 bridgehead atoms. The number of hydrogen-bond acceptors (Lipinski definition) is 4. The van der Waals surface area contributed by atoms with E-state index in [9.17, 15) is 19.3 Å². The predicted molar refractivity (Wildman–Crippen MR) is 79.6 cm³/mol. The highest BCUT2D eigenvalue weighted by Crippen LogP contribution is 2.27. The lowest BCUT2D eigenvalue weighted by Gasteiger charge is -2.08. The topological polar surface area (TPSA) is 98.3 Å². The van der Waals surface area contributed by atoms with E-state index in [-0.39, 0.29) is 16.9 Å². The van der Waals surface area contributed by atoms with E-state index in [1.807, 2.05) is 0 Å². The van der Waals surface area contributed by atoms with Gasteiger partial charge in [-0.3, -0.25) is 14.9 Å². The van der Waals surface area contributed by atoms with E-state index in [1.165, 1.54) is 30.3 Å². The molecule has 0 aliphatic carbocycles. The van der Waals surface area contributed by atoms with Crippen LogP contribution in [0, 0.1) is 15.9 Å². The van der Waals surface area contributed by atoms with E-state index < -0.39 is 22.3 Å². The van der Waals surface area contributed by atoms with Gasteiger partial charge in [-0.05, 0) is 30.3 Å². The van der Waals surface area contributed by atoms with Crippen molar-refractivity contribution in [3.05, 3.63) is 62.4 Å². The number of nitrogen functional groups attached to an aromatic ring is 1. The van der Waals surface area contributed by atoms with Crippen molar-refractivity contribution in [2.24, 2.45) is 0 Å². The zero-order valence-electron chi connectivity index (χ0n) is 10.5. The molecule has 0 fully saturated rings. The molecular formula is C13H9BrFN3O3. The number of carbonyl (C=O) groups is 1. The number of nitrogens with two attached hydrogens (primary N) is 1. The van der Waals surface area contributed by atoms with Gasteiger partial charge in [-0.1, -0.05) is 22.0 Å². The molecule has 2 rings (SSSR count). The van der Waals surface area contributed by atoms with Gasteiger partial charge in [0.15, 0.2) is 0 Å². The van der Waals surface area contributed by atoms with Crippen LogP contribution >= 0.6 is 15.9 Å². The van der Waals surface area contributed by atoms with Gasteiger partial charge < -0.3 is 11.1 Å². The number of amides is 1. The molecule has 0 saturated heterocycles. The van der Waals surface area contributed by atoms with Crippen molar-refractivity contribution in [1.82, 2.24) is 0 Å². The summed E-state index contributed by atoms with van der Waals surface area (Å²) in [6, 6.07) is 7.95. The lowest BCUT2D eigenvalue weighted by Crippen LogP contribution is -2.15. The van der Waals surface area contributed by atoms with Crippen molar-refractivity contribution in [1.29, 1.82) is 0 Å². The number of rotatable bonds is 3. The number of benzene rings is 2. The summed E-state index contributed by atoms with van der Waals surface area (Å²) in [4.78, 5) is 22.3. The number of anilines is 2. The number of para-hydroxylation sites is 1. The highest BCUT2D eigenvalue weighted by Gasteiger charge is 2.23. The van der Waals surface area contributed by atoms with Crippen LogP contribution in [0.5, 0.6) is 0 Å². The first-order chi connectivity index (χ1) is 9.90. The Hall–Kier alpha value is -2.48. The average molecular weight is 354 g/mol. The van der Waals surface area contributed by atoms with Crippen molar-refractivity contribution < 1.29 is 14.1 Å². The van der Waals surface area contributed by atoms with Crippen molar-refractivity contribution in [3.8, 4) is 0 Å². The molecule has 3 N–H and O–H groups in total. The second-order valence-electron chi connectivity index (χ2n) is 4.08. The third-order valence-electron chi connectivity index (χ3n) is 2.67. The van der Waals surface area contributed by atoms with E-state index in [0.29, 0.717) is 4.47 Å². The van der Waals surface area contributed by atoms with Gasteiger partial charge in [-0.15, -0.1) is 0 Å². The molecular weight excluding hydrogens is 345 g/mol. The monoisotopic (exact) mass is 353 g/mol. The van der Waals surface area contributed by atoms with E-state index in [4.69, 9.17) is 5.73 Å². The molecule has 0 spiro atoms. The third-order valence-corrected chi connectivity index (χ3v) is 3.16. The number of nitrogens with one attached hydrogen (secondary N) is 1. The van der Waals surface area contributed by atoms with Gasteiger partial charge >= 0.3 is 5.69 Å². The van der Waals surface area contributed by atoms with Gasteiger partial charge in [0.25, 0.3) is 5.91 Å². The zero-order valence-corrected chi connectivity index (χ0v) is 12.1. The van der Waals surface area contributed by atoms with Crippen LogP contribution in [0.25, 0.3) is 0 Å². The maximum atomic E-state index is 13.6. The molecule has 1 amide bonds. The number of halogens is 2. The fourth-order valence-corrected chi connectivity index (χ4v) is 2.09. The number of nitro groups is 1. The average Bonchev–Trinajstić information content (AvgIpc) is 2.42. The summed E-state index contributed by atoms with van der Waals surface area (Å²) >= 11 is 3.15. The molecule has 0 heterocycles. The first-order valence-electron chi connectivity index (χ1n) is 5.69. The SMILES string of the molecule is Nc1cccc(C(=O)Nc2cc(Br)ccc2F)c1[N+](=O)[O-]. The van der Waals surface area contributed by atoms with Crippen molar-refractivity contribution in [2.75, 3.05) is 11.1 Å². The van der Waals surface area contributed by atoms with Crippen LogP contribution in [0.3, 0.4) is 0 Å². The van der Waals surface area contributed by atoms with Gasteiger partial charge in [0.2, 0.25) is 0 Å². The fraction of sp³-hybridized carbons (Fsp3) is 0. The molecule has 0 radical (unpaired) electrons. The number of nitrogens with zero attached hydrogens (tertiary/aromatic N) is 1. The summed E-state index contributed by atoms with van der Waals surface area (Å²) in [7, 11) is 0. The van der Waals surface area contributed by atoms with Crippen LogP contribution in [0.1, 0.15) is 10.4 Å². The van der Waals surface area contributed by atoms with Gasteiger partial charge in [0.1, 0.15) is 17.1 Å². The van der Waals surface area contributed by atoms with Crippen LogP contribution in [0.4, 0.5) is 21.5 Å². The van der Waals surface area contributed by atoms with Gasteiger partial charge in [0.05, 0.1) is 10.6 Å². The zero-order chi connectivity index (χ0) is 15.6. The molecule has 0 atom stereocenters. The van der Waals surface area contributed by atoms with Gasteiger partial charge in [0, 0.05) is 4.47 Å². The quantitative estimate of drug-likeness (QED) is 0.502. The summed E-state index contributed by atoms with van der Waals surface area (Å²) < 4.78 is 14.1. The lowest BCUT2D eigenvalue weighted by molar-refractivity contribution is -0.384. The summed E-state index contributed by atoms with van der Waals surface area (Å²) in [5.41, 5.74) is 4.53. The Morgan fingerprint density at radius 3 is 2.71 bits per heavy atom. The van der Waals surface area contributed by atoms with E-state index in [2.05, 4.69) is 21.2 Å². The normalized spacial score (nSPS) is 10.2. The molecule has 0 unspecified atom stereocenters. The molecule has 2 aromatic carbocycles. The molecule has 108 valence electrons. The Kier molecular flexibility index (Phi) is 4.18. The highest BCUT2D eigenvalue weighted by molar-refractivity contribution is 9.10. The predicted octanol–water partition coefficient (Wildman–Crippen LogP) is 3.33. The van der Waals surface area contributed by atoms with E-state index in [1.54, 1.807) is 0 Å². The first kappa shape index (κ1) is 14.9. The number of nitro benzene ring substituents is 1. The van der Waals surface area contributed by atoms with E-state index in [0.717, 1.165) is 6.07 Å². The molecule has 2 aromatic rings. The van der Waals surface area contributed by atoms with Crippen LogP contribution in [-0.4, -0.2) is 10.8 Å². The maximum absolute atomic E-state index is 13.6. The Bertz CT molecular complexity index is 737. The Morgan fingerprint density at radius 1 is 1.33 bits per heavy atom. The summed E-state index contributed by atoms with van der Waals surface area (Å²) in [6.45, 7) is 0.